The van der Waals surface area contributed by atoms with E-state index in [4.69, 9.17) is 77.8 Å². The molecule has 0 amide bonds. The van der Waals surface area contributed by atoms with Crippen molar-refractivity contribution in [3.8, 4) is 45.6 Å². The molecule has 2 aliphatic heterocycles. The standard InChI is InChI=1S/C32H16N8S3.Cu.3Na/c41-14-8-10-18-21(12-14)31-36-27(18)34-25-16-4-1-2-5-17(16)26(33-25)35-30-22-13-15(42)9-11-19(22)28(37-30)39-32-24-20(29(38-31)40-32)6-3-7-23(24)43;;;;/h1-13H,(H3-2,33,34,35,36,37,38,39,40,41,42,43);;;;/q-2;+2;3*+1/p-3. The average Bonchev–Trinajstić information content (AvgIpc) is 3.72. The van der Waals surface area contributed by atoms with Crippen LogP contribution in [0.4, 0.5) is 0 Å². The van der Waals surface area contributed by atoms with Gasteiger partial charge in [-0.15, -0.1) is 0 Å². The molecule has 0 saturated carbocycles. The third-order valence-corrected chi connectivity index (χ3v) is 8.39. The molecule has 9 rings (SSSR count). The second kappa shape index (κ2) is 14.3. The Hall–Kier alpha value is -1.58. The van der Waals surface area contributed by atoms with Crippen LogP contribution in [0.15, 0.2) is 93.5 Å². The molecule has 47 heavy (non-hydrogen) atoms. The average molecular weight is 738 g/mol. The van der Waals surface area contributed by atoms with Gasteiger partial charge in [-0.2, -0.15) is 14.7 Å². The molecule has 4 aromatic carbocycles. The number of rotatable bonds is 0. The van der Waals surface area contributed by atoms with Crippen LogP contribution in [0.1, 0.15) is 0 Å². The minimum absolute atomic E-state index is 0. The van der Waals surface area contributed by atoms with Crippen LogP contribution in [0.25, 0.3) is 89.7 Å². The van der Waals surface area contributed by atoms with Crippen LogP contribution >= 0.6 is 0 Å². The van der Waals surface area contributed by atoms with Crippen molar-refractivity contribution < 1.29 is 106 Å². The van der Waals surface area contributed by atoms with Gasteiger partial charge in [0.2, 0.25) is 0 Å². The number of nitrogens with zero attached hydrogens (tertiary/aromatic N) is 8. The maximum atomic E-state index is 5.74. The van der Waals surface area contributed by atoms with E-state index in [9.17, 15) is 0 Å². The molecule has 7 aromatic rings. The monoisotopic (exact) mass is 737 g/mol. The van der Waals surface area contributed by atoms with E-state index < -0.39 is 0 Å². The molecule has 0 aliphatic carbocycles. The summed E-state index contributed by atoms with van der Waals surface area (Å²) in [6.45, 7) is 0. The molecule has 0 fully saturated rings. The minimum Gasteiger partial charge on any atom is -0.780 e. The van der Waals surface area contributed by atoms with E-state index >= 15 is 0 Å². The van der Waals surface area contributed by atoms with Gasteiger partial charge in [0.1, 0.15) is 0 Å². The topological polar surface area (TPSA) is 106 Å². The first-order valence-corrected chi connectivity index (χ1v) is 14.5. The van der Waals surface area contributed by atoms with Gasteiger partial charge in [0.15, 0.2) is 0 Å². The molecule has 8 nitrogen and oxygen atoms in total. The fourth-order valence-electron chi connectivity index (χ4n) is 5.59. The molecule has 8 bridgehead atoms. The first kappa shape index (κ1) is 36.7. The third-order valence-electron chi connectivity index (χ3n) is 7.54. The van der Waals surface area contributed by atoms with Gasteiger partial charge in [-0.25, -0.2) is 9.97 Å². The molecule has 0 N–H and O–H groups in total. The first-order valence-electron chi connectivity index (χ1n) is 13.2. The summed E-state index contributed by atoms with van der Waals surface area (Å²) < 4.78 is 0. The van der Waals surface area contributed by atoms with Crippen LogP contribution < -0.4 is 98.6 Å². The second-order valence-corrected chi connectivity index (χ2v) is 11.5. The molecule has 0 atom stereocenters. The largest absolute Gasteiger partial charge is 2.00 e. The van der Waals surface area contributed by atoms with Crippen LogP contribution in [0.3, 0.4) is 0 Å². The van der Waals surface area contributed by atoms with Crippen molar-refractivity contribution in [2.45, 2.75) is 14.7 Å². The van der Waals surface area contributed by atoms with Crippen LogP contribution in [0, 0.1) is 0 Å². The van der Waals surface area contributed by atoms with Crippen molar-refractivity contribution in [2.75, 3.05) is 0 Å². The first-order chi connectivity index (χ1) is 21.0. The van der Waals surface area contributed by atoms with Crippen LogP contribution in [0.2, 0.25) is 0 Å². The molecule has 5 heterocycles. The molecule has 2 aliphatic rings. The van der Waals surface area contributed by atoms with Crippen LogP contribution in [-0.4, -0.2) is 29.9 Å². The Labute approximate surface area is 361 Å². The van der Waals surface area contributed by atoms with Crippen molar-refractivity contribution >= 4 is 82.0 Å². The van der Waals surface area contributed by atoms with Gasteiger partial charge >= 0.3 is 106 Å². The molecule has 0 unspecified atom stereocenters. The number of hydrogen-bond acceptors (Lipinski definition) is 9. The van der Waals surface area contributed by atoms with Gasteiger partial charge in [-0.1, -0.05) is 78.9 Å². The Balaban J connectivity index is 0.00000108. The van der Waals surface area contributed by atoms with E-state index in [1.165, 1.54) is 0 Å². The van der Waals surface area contributed by atoms with E-state index in [2.05, 4.69) is 0 Å². The minimum atomic E-state index is 0. The number of benzene rings is 4. The van der Waals surface area contributed by atoms with Gasteiger partial charge in [0, 0.05) is 39.3 Å². The van der Waals surface area contributed by atoms with Gasteiger partial charge in [-0.3, -0.25) is 0 Å². The maximum Gasteiger partial charge on any atom is 2.00 e. The van der Waals surface area contributed by atoms with Gasteiger partial charge in [-0.05, 0) is 27.1 Å². The van der Waals surface area contributed by atoms with Gasteiger partial charge in [0.05, 0.1) is 23.3 Å². The van der Waals surface area contributed by atoms with Gasteiger partial charge < -0.3 is 67.8 Å². The molecule has 213 valence electrons. The van der Waals surface area contributed by atoms with E-state index in [1.807, 2.05) is 78.9 Å². The molecule has 0 spiro atoms. The Morgan fingerprint density at radius 1 is 0.426 bits per heavy atom. The normalized spacial score (nSPS) is 11.0. The maximum absolute atomic E-state index is 5.74. The summed E-state index contributed by atoms with van der Waals surface area (Å²) in [6, 6.07) is 24.8. The second-order valence-electron chi connectivity index (χ2n) is 10.1. The summed E-state index contributed by atoms with van der Waals surface area (Å²) in [4.78, 5) is 41.1. The smallest absolute Gasteiger partial charge is 0.780 e. The Bertz CT molecular complexity index is 2530. The summed E-state index contributed by atoms with van der Waals surface area (Å²) >= 11 is 16.7. The summed E-state index contributed by atoms with van der Waals surface area (Å²) in [7, 11) is 0. The number of fused-ring (bicyclic) bond motifs is 20. The molecular weight excluding hydrogens is 725 g/mol. The van der Waals surface area contributed by atoms with E-state index in [1.54, 1.807) is 0 Å². The zero-order valence-corrected chi connectivity index (χ0v) is 34.5. The summed E-state index contributed by atoms with van der Waals surface area (Å²) in [5.74, 6) is 1.85. The number of hydrogen-bond donors (Lipinski definition) is 0. The molecule has 15 heteroatoms. The van der Waals surface area contributed by atoms with Crippen molar-refractivity contribution in [2.24, 2.45) is 0 Å². The Kier molecular flexibility index (Phi) is 11.2. The predicted molar refractivity (Wildman–Crippen MR) is 171 cm³/mol. The fraction of sp³-hybridized carbons (Fsp3) is 0. The summed E-state index contributed by atoms with van der Waals surface area (Å²) in [5.41, 5.74) is 5.00. The summed E-state index contributed by atoms with van der Waals surface area (Å²) in [6.07, 6.45) is 0. The molecule has 1 radical (unpaired) electrons. The molecule has 0 saturated heterocycles. The number of aromatic nitrogens is 8. The third kappa shape index (κ3) is 6.21. The molecular formula is C32H13CuN8Na3S3. The zero-order valence-electron chi connectivity index (χ0n) is 25.1. The van der Waals surface area contributed by atoms with Crippen molar-refractivity contribution in [1.82, 2.24) is 39.9 Å². The van der Waals surface area contributed by atoms with Gasteiger partial charge in [0.25, 0.3) is 0 Å². The summed E-state index contributed by atoms with van der Waals surface area (Å²) in [5, 5.41) is 3.14. The quantitative estimate of drug-likeness (QED) is 0.117. The Morgan fingerprint density at radius 3 is 1.38 bits per heavy atom. The van der Waals surface area contributed by atoms with Crippen molar-refractivity contribution in [3.05, 3.63) is 78.9 Å². The van der Waals surface area contributed by atoms with E-state index in [0.717, 1.165) is 38.2 Å². The SMILES string of the molecule is [Cu+2].[Na+].[Na+].[Na+].[S-]c1ccc2c3nc4nc(nc5[n-]c(nc6nc(nc([n-]3)c2c1)-c1ccccc1-6)c1ccc([S-])cc51)-c1cccc([S-])c1-4. The van der Waals surface area contributed by atoms with Crippen molar-refractivity contribution in [1.29, 1.82) is 0 Å². The van der Waals surface area contributed by atoms with Crippen LogP contribution in [0.5, 0.6) is 0 Å². The Morgan fingerprint density at radius 2 is 0.851 bits per heavy atom. The van der Waals surface area contributed by atoms with Crippen LogP contribution in [-0.2, 0) is 55.0 Å². The fourth-order valence-corrected chi connectivity index (χ4v) is 6.24. The van der Waals surface area contributed by atoms with Crippen molar-refractivity contribution in [3.63, 3.8) is 0 Å². The zero-order chi connectivity index (χ0) is 28.8. The van der Waals surface area contributed by atoms with E-state index in [-0.39, 0.29) is 106 Å². The van der Waals surface area contributed by atoms with E-state index in [0.29, 0.717) is 66.1 Å². The predicted octanol–water partition coefficient (Wildman–Crippen LogP) is -3.15. The molecule has 3 aromatic heterocycles.